The number of thioether (sulfide) groups is 1. The fourth-order valence-corrected chi connectivity index (χ4v) is 3.53. The zero-order chi connectivity index (χ0) is 19.4. The number of aliphatic imine (C=N–C) groups is 1. The summed E-state index contributed by atoms with van der Waals surface area (Å²) in [6, 6.07) is 15.5. The smallest absolute Gasteiger partial charge is 0.283 e. The van der Waals surface area contributed by atoms with Crippen LogP contribution in [0.4, 0.5) is 5.69 Å². The fourth-order valence-electron chi connectivity index (χ4n) is 2.86. The summed E-state index contributed by atoms with van der Waals surface area (Å²) in [7, 11) is 1.61. The predicted octanol–water partition coefficient (Wildman–Crippen LogP) is 4.31. The normalized spacial score (nSPS) is 15.0. The minimum atomic E-state index is -0.198. The van der Waals surface area contributed by atoms with Crippen LogP contribution in [0, 0.1) is 25.2 Å². The second-order valence-corrected chi connectivity index (χ2v) is 7.07. The second-order valence-electron chi connectivity index (χ2n) is 6.13. The lowest BCUT2D eigenvalue weighted by Crippen LogP contribution is -2.30. The van der Waals surface area contributed by atoms with Crippen molar-refractivity contribution in [3.8, 4) is 11.8 Å². The molecule has 0 saturated heterocycles. The van der Waals surface area contributed by atoms with Gasteiger partial charge in [0.2, 0.25) is 0 Å². The highest BCUT2D eigenvalue weighted by molar-refractivity contribution is 8.14. The van der Waals surface area contributed by atoms with Gasteiger partial charge in [0.25, 0.3) is 5.91 Å². The molecule has 0 atom stereocenters. The van der Waals surface area contributed by atoms with Gasteiger partial charge >= 0.3 is 0 Å². The van der Waals surface area contributed by atoms with Crippen molar-refractivity contribution in [1.29, 1.82) is 5.26 Å². The highest BCUT2D eigenvalue weighted by atomic mass is 32.2. The molecule has 0 bridgehead atoms. The second kappa shape index (κ2) is 8.11. The lowest BCUT2D eigenvalue weighted by Gasteiger charge is -2.18. The molecule has 0 fully saturated rings. The molecule has 0 spiro atoms. The summed E-state index contributed by atoms with van der Waals surface area (Å²) in [4.78, 5) is 19.1. The summed E-state index contributed by atoms with van der Waals surface area (Å²) < 4.78 is 5.16. The van der Waals surface area contributed by atoms with Gasteiger partial charge in [0.1, 0.15) is 11.4 Å². The molecule has 1 heterocycles. The summed E-state index contributed by atoms with van der Waals surface area (Å²) in [5.74, 6) is 0.778. The van der Waals surface area contributed by atoms with Crippen LogP contribution >= 0.6 is 11.8 Å². The Morgan fingerprint density at radius 3 is 2.44 bits per heavy atom. The van der Waals surface area contributed by atoms with Gasteiger partial charge < -0.3 is 4.74 Å². The molecule has 136 valence electrons. The van der Waals surface area contributed by atoms with Gasteiger partial charge in [-0.3, -0.25) is 9.69 Å². The number of carbonyl (C=O) groups is 1. The molecule has 0 unspecified atom stereocenters. The first kappa shape index (κ1) is 18.7. The van der Waals surface area contributed by atoms with Gasteiger partial charge in [0.15, 0.2) is 5.17 Å². The number of ether oxygens (including phenoxy) is 1. The van der Waals surface area contributed by atoms with Crippen LogP contribution in [0.25, 0.3) is 6.08 Å². The number of nitriles is 1. The minimum Gasteiger partial charge on any atom is -0.497 e. The van der Waals surface area contributed by atoms with Gasteiger partial charge in [-0.25, -0.2) is 4.99 Å². The van der Waals surface area contributed by atoms with E-state index in [4.69, 9.17) is 10.00 Å². The Morgan fingerprint density at radius 2 is 1.85 bits per heavy atom. The van der Waals surface area contributed by atoms with E-state index in [-0.39, 0.29) is 11.7 Å². The first-order valence-corrected chi connectivity index (χ1v) is 9.37. The number of methoxy groups -OCH3 is 1. The number of hydrogen-bond donors (Lipinski definition) is 0. The minimum absolute atomic E-state index is 0.198. The van der Waals surface area contributed by atoms with Crippen LogP contribution in [-0.2, 0) is 4.79 Å². The number of benzene rings is 2. The maximum absolute atomic E-state index is 13.1. The largest absolute Gasteiger partial charge is 0.497 e. The molecule has 27 heavy (non-hydrogen) atoms. The van der Waals surface area contributed by atoms with Gasteiger partial charge in [-0.2, -0.15) is 5.26 Å². The molecule has 0 aromatic heterocycles. The van der Waals surface area contributed by atoms with Crippen molar-refractivity contribution in [2.45, 2.75) is 13.8 Å². The van der Waals surface area contributed by atoms with Gasteiger partial charge in [0, 0.05) is 0 Å². The first-order chi connectivity index (χ1) is 13.0. The molecule has 2 aromatic carbocycles. The van der Waals surface area contributed by atoms with Crippen LogP contribution < -0.4 is 9.64 Å². The number of hydrogen-bond acceptors (Lipinski definition) is 5. The van der Waals surface area contributed by atoms with E-state index in [1.54, 1.807) is 18.1 Å². The summed E-state index contributed by atoms with van der Waals surface area (Å²) in [6.45, 7) is 3.98. The monoisotopic (exact) mass is 377 g/mol. The molecule has 0 saturated carbocycles. The van der Waals surface area contributed by atoms with Gasteiger partial charge in [-0.1, -0.05) is 30.0 Å². The Hall–Kier alpha value is -3.04. The van der Waals surface area contributed by atoms with Gasteiger partial charge in [-0.15, -0.1) is 0 Å². The third kappa shape index (κ3) is 4.21. The number of nitrogens with zero attached hydrogens (tertiary/aromatic N) is 3. The summed E-state index contributed by atoms with van der Waals surface area (Å²) in [5.41, 5.74) is 4.10. The van der Waals surface area contributed by atoms with E-state index in [9.17, 15) is 4.79 Å². The molecule has 0 N–H and O–H groups in total. The van der Waals surface area contributed by atoms with E-state index < -0.39 is 0 Å². The molecule has 6 heteroatoms. The van der Waals surface area contributed by atoms with Crippen LogP contribution in [-0.4, -0.2) is 23.9 Å². The Morgan fingerprint density at radius 1 is 1.19 bits per heavy atom. The van der Waals surface area contributed by atoms with Crippen molar-refractivity contribution >= 4 is 34.6 Å². The van der Waals surface area contributed by atoms with E-state index >= 15 is 0 Å². The highest BCUT2D eigenvalue weighted by Gasteiger charge is 2.32. The van der Waals surface area contributed by atoms with Crippen LogP contribution in [0.1, 0.15) is 16.7 Å². The highest BCUT2D eigenvalue weighted by Crippen LogP contribution is 2.30. The van der Waals surface area contributed by atoms with E-state index in [0.717, 1.165) is 28.1 Å². The third-order valence-corrected chi connectivity index (χ3v) is 4.78. The Balaban J connectivity index is 1.99. The quantitative estimate of drug-likeness (QED) is 0.745. The summed E-state index contributed by atoms with van der Waals surface area (Å²) >= 11 is 1.26. The Labute approximate surface area is 163 Å². The zero-order valence-electron chi connectivity index (χ0n) is 15.4. The van der Waals surface area contributed by atoms with Crippen molar-refractivity contribution in [2.75, 3.05) is 17.8 Å². The number of carbonyl (C=O) groups excluding carboxylic acids is 1. The molecule has 1 aliphatic rings. The Bertz CT molecular complexity index is 952. The van der Waals surface area contributed by atoms with Crippen molar-refractivity contribution in [3.63, 3.8) is 0 Å². The van der Waals surface area contributed by atoms with Crippen molar-refractivity contribution in [2.24, 2.45) is 4.99 Å². The average molecular weight is 377 g/mol. The SMILES string of the molecule is COc1ccc(/C=C2/N=C(SCC#N)N(c3cc(C)cc(C)c3)C2=O)cc1. The van der Waals surface area contributed by atoms with Crippen molar-refractivity contribution < 1.29 is 9.53 Å². The van der Waals surface area contributed by atoms with Crippen molar-refractivity contribution in [3.05, 3.63) is 64.9 Å². The number of anilines is 1. The summed E-state index contributed by atoms with van der Waals surface area (Å²) in [6.07, 6.45) is 1.75. The van der Waals surface area contributed by atoms with Crippen molar-refractivity contribution in [1.82, 2.24) is 0 Å². The lowest BCUT2D eigenvalue weighted by atomic mass is 10.1. The molecule has 2 aromatic rings. The standard InChI is InChI=1S/C21H19N3O2S/c1-14-10-15(2)12-17(11-14)24-20(25)19(23-21(24)27-9-8-22)13-16-4-6-18(26-3)7-5-16/h4-7,10-13H,9H2,1-3H3/b19-13+. The number of amides is 1. The number of rotatable bonds is 4. The molecule has 5 nitrogen and oxygen atoms in total. The number of aryl methyl sites for hydroxylation is 2. The van der Waals surface area contributed by atoms with E-state index in [2.05, 4.69) is 17.1 Å². The maximum atomic E-state index is 13.1. The van der Waals surface area contributed by atoms with Crippen LogP contribution in [0.2, 0.25) is 0 Å². The van der Waals surface area contributed by atoms with Gasteiger partial charge in [0.05, 0.1) is 24.6 Å². The first-order valence-electron chi connectivity index (χ1n) is 8.39. The van der Waals surface area contributed by atoms with E-state index in [1.165, 1.54) is 11.8 Å². The molecule has 0 radical (unpaired) electrons. The Kier molecular flexibility index (Phi) is 5.63. The molecule has 3 rings (SSSR count). The fraction of sp³-hybridized carbons (Fsp3) is 0.190. The molecule has 1 aliphatic heterocycles. The molecule has 0 aliphatic carbocycles. The van der Waals surface area contributed by atoms with Gasteiger partial charge in [-0.05, 0) is 60.9 Å². The summed E-state index contributed by atoms with van der Waals surface area (Å²) in [5, 5.41) is 9.45. The average Bonchev–Trinajstić information content (AvgIpc) is 2.95. The maximum Gasteiger partial charge on any atom is 0.283 e. The van der Waals surface area contributed by atoms with Crippen LogP contribution in [0.3, 0.4) is 0 Å². The van der Waals surface area contributed by atoms with E-state index in [0.29, 0.717) is 10.9 Å². The lowest BCUT2D eigenvalue weighted by molar-refractivity contribution is -0.113. The molecular weight excluding hydrogens is 358 g/mol. The van der Waals surface area contributed by atoms with Crippen LogP contribution in [0.15, 0.2) is 53.2 Å². The van der Waals surface area contributed by atoms with Crippen LogP contribution in [0.5, 0.6) is 5.75 Å². The molecular formula is C21H19N3O2S. The van der Waals surface area contributed by atoms with E-state index in [1.807, 2.05) is 50.2 Å². The zero-order valence-corrected chi connectivity index (χ0v) is 16.2. The number of amidine groups is 1. The molecule has 1 amide bonds. The topological polar surface area (TPSA) is 65.7 Å². The third-order valence-electron chi connectivity index (χ3n) is 3.98. The predicted molar refractivity (Wildman–Crippen MR) is 110 cm³/mol.